The van der Waals surface area contributed by atoms with Gasteiger partial charge in [0.1, 0.15) is 6.61 Å². The first-order valence-corrected chi connectivity index (χ1v) is 5.94. The van der Waals surface area contributed by atoms with E-state index < -0.39 is 12.8 Å². The summed E-state index contributed by atoms with van der Waals surface area (Å²) in [5.41, 5.74) is 0.357. The molecule has 0 aromatic carbocycles. The van der Waals surface area contributed by atoms with Crippen LogP contribution in [0.2, 0.25) is 0 Å². The molecule has 0 radical (unpaired) electrons. The highest BCUT2D eigenvalue weighted by molar-refractivity contribution is 5.03. The molecule has 6 heteroatoms. The minimum absolute atomic E-state index is 0.102. The first-order valence-electron chi connectivity index (χ1n) is 5.94. The Morgan fingerprint density at radius 1 is 1.12 bits per heavy atom. The Morgan fingerprint density at radius 3 is 2.06 bits per heavy atom. The summed E-state index contributed by atoms with van der Waals surface area (Å²) in [6.07, 6.45) is -4.21. The number of nitrogens with zero attached hydrogens (tertiary/aromatic N) is 2. The van der Waals surface area contributed by atoms with E-state index in [4.69, 9.17) is 0 Å². The number of hydrogen-bond donors (Lipinski definition) is 0. The molecule has 0 N–H and O–H groups in total. The Balaban J connectivity index is 0.000000686. The second-order valence-electron chi connectivity index (χ2n) is 4.75. The van der Waals surface area contributed by atoms with Crippen LogP contribution < -0.4 is 0 Å². The molecule has 3 nitrogen and oxygen atoms in total. The van der Waals surface area contributed by atoms with Crippen molar-refractivity contribution in [3.8, 4) is 0 Å². The van der Waals surface area contributed by atoms with Crippen molar-refractivity contribution in [3.63, 3.8) is 0 Å². The molecule has 2 saturated heterocycles. The van der Waals surface area contributed by atoms with Gasteiger partial charge in [0.2, 0.25) is 0 Å². The summed E-state index contributed by atoms with van der Waals surface area (Å²) in [4.78, 5) is 4.13. The van der Waals surface area contributed by atoms with E-state index in [0.29, 0.717) is 5.41 Å². The lowest BCUT2D eigenvalue weighted by molar-refractivity contribution is -0.201. The highest BCUT2D eigenvalue weighted by Gasteiger charge is 2.50. The Hall–Kier alpha value is -0.330. The van der Waals surface area contributed by atoms with Crippen LogP contribution in [0.3, 0.4) is 0 Å². The van der Waals surface area contributed by atoms with E-state index in [9.17, 15) is 13.2 Å². The molecule has 2 aliphatic rings. The molecule has 2 aliphatic heterocycles. The van der Waals surface area contributed by atoms with Crippen LogP contribution >= 0.6 is 0 Å². The van der Waals surface area contributed by atoms with Crippen molar-refractivity contribution in [1.29, 1.82) is 0 Å². The number of rotatable bonds is 3. The van der Waals surface area contributed by atoms with Crippen LogP contribution in [0.4, 0.5) is 13.2 Å². The summed E-state index contributed by atoms with van der Waals surface area (Å²) in [5.74, 6) is 0. The Labute approximate surface area is 101 Å². The fraction of sp³-hybridized carbons (Fsp3) is 1.00. The summed E-state index contributed by atoms with van der Waals surface area (Å²) in [6, 6.07) is 0. The minimum Gasteiger partial charge on any atom is -0.357 e. The van der Waals surface area contributed by atoms with Gasteiger partial charge in [0.25, 0.3) is 0 Å². The van der Waals surface area contributed by atoms with Crippen LogP contribution in [-0.2, 0) is 4.74 Å². The van der Waals surface area contributed by atoms with Gasteiger partial charge in [-0.25, -0.2) is 0 Å². The zero-order valence-corrected chi connectivity index (χ0v) is 10.7. The molecule has 0 bridgehead atoms. The lowest BCUT2D eigenvalue weighted by atomic mass is 9.73. The molecule has 102 valence electrons. The van der Waals surface area contributed by atoms with Crippen LogP contribution in [0.15, 0.2) is 0 Å². The third-order valence-electron chi connectivity index (χ3n) is 2.87. The van der Waals surface area contributed by atoms with Crippen molar-refractivity contribution in [1.82, 2.24) is 9.80 Å². The van der Waals surface area contributed by atoms with E-state index in [1.54, 1.807) is 0 Å². The summed E-state index contributed by atoms with van der Waals surface area (Å²) < 4.78 is 39.9. The number of hydrogen-bond acceptors (Lipinski definition) is 3. The van der Waals surface area contributed by atoms with Gasteiger partial charge in [0.05, 0.1) is 6.73 Å². The van der Waals surface area contributed by atoms with Gasteiger partial charge in [0, 0.05) is 31.6 Å². The van der Waals surface area contributed by atoms with E-state index in [0.717, 1.165) is 26.2 Å². The van der Waals surface area contributed by atoms with Crippen LogP contribution in [0.5, 0.6) is 0 Å². The van der Waals surface area contributed by atoms with Gasteiger partial charge in [-0.15, -0.1) is 0 Å². The van der Waals surface area contributed by atoms with Crippen molar-refractivity contribution in [3.05, 3.63) is 0 Å². The first-order chi connectivity index (χ1) is 7.89. The summed E-state index contributed by atoms with van der Waals surface area (Å²) in [6.45, 7) is 6.82. The minimum atomic E-state index is -4.21. The third-order valence-corrected chi connectivity index (χ3v) is 2.87. The zero-order valence-electron chi connectivity index (χ0n) is 10.7. The molecule has 1 spiro atoms. The van der Waals surface area contributed by atoms with Crippen LogP contribution in [0, 0.1) is 5.41 Å². The van der Waals surface area contributed by atoms with E-state index in [-0.39, 0.29) is 6.73 Å². The van der Waals surface area contributed by atoms with E-state index in [2.05, 4.69) is 9.64 Å². The monoisotopic (exact) mass is 254 g/mol. The maximum absolute atomic E-state index is 11.8. The molecule has 17 heavy (non-hydrogen) atoms. The van der Waals surface area contributed by atoms with Crippen molar-refractivity contribution in [2.45, 2.75) is 20.0 Å². The lowest BCUT2D eigenvalue weighted by Gasteiger charge is -2.59. The highest BCUT2D eigenvalue weighted by atomic mass is 19.4. The van der Waals surface area contributed by atoms with E-state index >= 15 is 0 Å². The largest absolute Gasteiger partial charge is 0.411 e. The maximum Gasteiger partial charge on any atom is 0.411 e. The molecule has 0 saturated carbocycles. The average molecular weight is 254 g/mol. The normalized spacial score (nSPS) is 23.6. The molecule has 0 aliphatic carbocycles. The second kappa shape index (κ2) is 5.54. The standard InChI is InChI=1S/C9H15F3N2O.C2H6/c1-13-2-8(3-13)4-14(5-8)7-15-6-9(10,11)12;1-2/h2-7H2,1H3;1-2H3. The van der Waals surface area contributed by atoms with Gasteiger partial charge < -0.3 is 9.64 Å². The van der Waals surface area contributed by atoms with Gasteiger partial charge in [-0.05, 0) is 7.05 Å². The molecule has 0 atom stereocenters. The van der Waals surface area contributed by atoms with Gasteiger partial charge >= 0.3 is 6.18 Å². The molecule has 0 amide bonds. The van der Waals surface area contributed by atoms with Gasteiger partial charge in [-0.3, -0.25) is 4.90 Å². The molecule has 0 unspecified atom stereocenters. The average Bonchev–Trinajstić information content (AvgIpc) is 2.13. The van der Waals surface area contributed by atoms with Crippen molar-refractivity contribution >= 4 is 0 Å². The summed E-state index contributed by atoms with van der Waals surface area (Å²) >= 11 is 0. The molecular weight excluding hydrogens is 233 g/mol. The maximum atomic E-state index is 11.8. The lowest BCUT2D eigenvalue weighted by Crippen LogP contribution is -2.71. The smallest absolute Gasteiger partial charge is 0.357 e. The van der Waals surface area contributed by atoms with Crippen molar-refractivity contribution in [2.75, 3.05) is 46.6 Å². The Bertz CT molecular complexity index is 231. The molecule has 2 fully saturated rings. The predicted molar refractivity (Wildman–Crippen MR) is 59.7 cm³/mol. The fourth-order valence-electron chi connectivity index (χ4n) is 2.58. The fourth-order valence-corrected chi connectivity index (χ4v) is 2.58. The zero-order chi connectivity index (χ0) is 13.1. The van der Waals surface area contributed by atoms with E-state index in [1.165, 1.54) is 0 Å². The predicted octanol–water partition coefficient (Wildman–Crippen LogP) is 1.80. The third kappa shape index (κ3) is 4.12. The molecule has 0 aromatic rings. The Morgan fingerprint density at radius 2 is 1.65 bits per heavy atom. The van der Waals surface area contributed by atoms with Crippen LogP contribution in [0.25, 0.3) is 0 Å². The van der Waals surface area contributed by atoms with Crippen molar-refractivity contribution in [2.24, 2.45) is 5.41 Å². The topological polar surface area (TPSA) is 15.7 Å². The SMILES string of the molecule is CC.CN1CC2(C1)CN(COCC(F)(F)F)C2. The molecular formula is C11H21F3N2O. The summed E-state index contributed by atoms with van der Waals surface area (Å²) in [7, 11) is 2.05. The van der Waals surface area contributed by atoms with Crippen molar-refractivity contribution < 1.29 is 17.9 Å². The second-order valence-corrected chi connectivity index (χ2v) is 4.75. The van der Waals surface area contributed by atoms with Crippen LogP contribution in [0.1, 0.15) is 13.8 Å². The summed E-state index contributed by atoms with van der Waals surface area (Å²) in [5, 5.41) is 0. The molecule has 2 rings (SSSR count). The number of halogens is 3. The van der Waals surface area contributed by atoms with Gasteiger partial charge in [0.15, 0.2) is 0 Å². The molecule has 0 aromatic heterocycles. The van der Waals surface area contributed by atoms with Gasteiger partial charge in [-0.1, -0.05) is 13.8 Å². The first kappa shape index (κ1) is 14.7. The number of alkyl halides is 3. The Kier molecular flexibility index (Phi) is 4.80. The molecule has 2 heterocycles. The van der Waals surface area contributed by atoms with Gasteiger partial charge in [-0.2, -0.15) is 13.2 Å². The number of ether oxygens (including phenoxy) is 1. The highest BCUT2D eigenvalue weighted by Crippen LogP contribution is 2.38. The van der Waals surface area contributed by atoms with Crippen LogP contribution in [-0.4, -0.2) is 62.5 Å². The van der Waals surface area contributed by atoms with E-state index in [1.807, 2.05) is 25.8 Å². The quantitative estimate of drug-likeness (QED) is 0.763. The number of likely N-dealkylation sites (tertiary alicyclic amines) is 2.